The number of aromatic amines is 1. The second-order valence-electron chi connectivity index (χ2n) is 3.67. The number of methoxy groups -OCH3 is 1. The highest BCUT2D eigenvalue weighted by molar-refractivity contribution is 5.86. The number of esters is 1. The van der Waals surface area contributed by atoms with Gasteiger partial charge < -0.3 is 10.1 Å². The van der Waals surface area contributed by atoms with Crippen LogP contribution in [0.2, 0.25) is 0 Å². The molecule has 2 heterocycles. The Morgan fingerprint density at radius 3 is 2.83 bits per heavy atom. The number of aromatic nitrogens is 4. The van der Waals surface area contributed by atoms with Crippen LogP contribution in [0.5, 0.6) is 0 Å². The van der Waals surface area contributed by atoms with Crippen LogP contribution in [-0.4, -0.2) is 33.5 Å². The van der Waals surface area contributed by atoms with Crippen molar-refractivity contribution < 1.29 is 9.53 Å². The zero-order valence-corrected chi connectivity index (χ0v) is 10.1. The third-order valence-electron chi connectivity index (χ3n) is 2.45. The Bertz CT molecular complexity index is 535. The summed E-state index contributed by atoms with van der Waals surface area (Å²) in [6.07, 6.45) is 1.75. The normalized spacial score (nSPS) is 10.1. The molecule has 0 spiro atoms. The zero-order valence-electron chi connectivity index (χ0n) is 10.1. The highest BCUT2D eigenvalue weighted by Crippen LogP contribution is 2.07. The van der Waals surface area contributed by atoms with Crippen LogP contribution in [0.4, 0.5) is 5.82 Å². The van der Waals surface area contributed by atoms with E-state index in [1.807, 2.05) is 6.92 Å². The van der Waals surface area contributed by atoms with Gasteiger partial charge in [0.05, 0.1) is 13.3 Å². The Morgan fingerprint density at radius 2 is 2.28 bits per heavy atom. The molecule has 0 saturated heterocycles. The van der Waals surface area contributed by atoms with E-state index in [2.05, 4.69) is 30.4 Å². The second-order valence-corrected chi connectivity index (χ2v) is 3.67. The van der Waals surface area contributed by atoms with E-state index in [4.69, 9.17) is 0 Å². The lowest BCUT2D eigenvalue weighted by molar-refractivity contribution is 0.0593. The summed E-state index contributed by atoms with van der Waals surface area (Å²) in [6, 6.07) is 3.23. The zero-order chi connectivity index (χ0) is 13.0. The predicted molar refractivity (Wildman–Crippen MR) is 64.0 cm³/mol. The van der Waals surface area contributed by atoms with Crippen molar-refractivity contribution in [2.45, 2.75) is 13.5 Å². The summed E-state index contributed by atoms with van der Waals surface area (Å²) in [5.74, 6) is 0.0861. The lowest BCUT2D eigenvalue weighted by Gasteiger charge is -2.04. The second kappa shape index (κ2) is 5.26. The largest absolute Gasteiger partial charge is 0.464 e. The number of nitrogens with one attached hydrogen (secondary N) is 2. The molecule has 0 bridgehead atoms. The molecule has 94 valence electrons. The third-order valence-corrected chi connectivity index (χ3v) is 2.45. The molecule has 7 heteroatoms. The highest BCUT2D eigenvalue weighted by Gasteiger charge is 2.07. The van der Waals surface area contributed by atoms with E-state index in [1.165, 1.54) is 7.11 Å². The molecule has 0 saturated carbocycles. The van der Waals surface area contributed by atoms with Crippen LogP contribution in [0.3, 0.4) is 0 Å². The summed E-state index contributed by atoms with van der Waals surface area (Å²) in [7, 11) is 1.30. The number of carbonyl (C=O) groups excluding carboxylic acids is 1. The minimum absolute atomic E-state index is 0.183. The molecular weight excluding hydrogens is 234 g/mol. The number of anilines is 1. The van der Waals surface area contributed by atoms with Crippen molar-refractivity contribution in [2.24, 2.45) is 0 Å². The van der Waals surface area contributed by atoms with Gasteiger partial charge in [0.15, 0.2) is 5.69 Å². The summed E-state index contributed by atoms with van der Waals surface area (Å²) in [5.41, 5.74) is 2.23. The minimum atomic E-state index is -0.500. The molecule has 0 aliphatic rings. The Morgan fingerprint density at radius 1 is 1.44 bits per heavy atom. The Labute approximate surface area is 104 Å². The molecule has 2 rings (SSSR count). The van der Waals surface area contributed by atoms with E-state index in [-0.39, 0.29) is 5.69 Å². The molecule has 0 fully saturated rings. The molecule has 2 aromatic heterocycles. The highest BCUT2D eigenvalue weighted by atomic mass is 16.5. The monoisotopic (exact) mass is 247 g/mol. The van der Waals surface area contributed by atoms with Crippen molar-refractivity contribution >= 4 is 11.8 Å². The van der Waals surface area contributed by atoms with Crippen LogP contribution in [-0.2, 0) is 11.3 Å². The fourth-order valence-electron chi connectivity index (χ4n) is 1.38. The molecule has 0 aromatic carbocycles. The number of rotatable bonds is 4. The van der Waals surface area contributed by atoms with Crippen LogP contribution in [0.15, 0.2) is 18.3 Å². The van der Waals surface area contributed by atoms with Crippen LogP contribution < -0.4 is 5.32 Å². The minimum Gasteiger partial charge on any atom is -0.464 e. The van der Waals surface area contributed by atoms with Crippen molar-refractivity contribution in [3.05, 3.63) is 35.3 Å². The molecule has 0 amide bonds. The molecular formula is C11H13N5O2. The fraction of sp³-hybridized carbons (Fsp3) is 0.273. The molecule has 7 nitrogen and oxygen atoms in total. The standard InChI is InChI=1S/C11H13N5O2/c1-7-8(6-13-14-7)5-12-10-4-3-9(15-16-10)11(17)18-2/h3-4,6H,5H2,1-2H3,(H,12,16)(H,13,14). The van der Waals surface area contributed by atoms with Gasteiger partial charge >= 0.3 is 5.97 Å². The van der Waals surface area contributed by atoms with Crippen LogP contribution in [0.1, 0.15) is 21.7 Å². The molecule has 2 aromatic rings. The predicted octanol–water partition coefficient (Wildman–Crippen LogP) is 0.907. The molecule has 0 atom stereocenters. The first-order valence-electron chi connectivity index (χ1n) is 5.35. The fourth-order valence-corrected chi connectivity index (χ4v) is 1.38. The summed E-state index contributed by atoms with van der Waals surface area (Å²) in [4.78, 5) is 11.2. The molecule has 0 unspecified atom stereocenters. The summed E-state index contributed by atoms with van der Waals surface area (Å²) in [5, 5.41) is 17.5. The smallest absolute Gasteiger partial charge is 0.358 e. The van der Waals surface area contributed by atoms with E-state index in [0.29, 0.717) is 12.4 Å². The van der Waals surface area contributed by atoms with Gasteiger partial charge in [-0.1, -0.05) is 0 Å². The molecule has 18 heavy (non-hydrogen) atoms. The van der Waals surface area contributed by atoms with E-state index >= 15 is 0 Å². The molecule has 0 aliphatic heterocycles. The van der Waals surface area contributed by atoms with Gasteiger partial charge in [-0.3, -0.25) is 5.10 Å². The lowest BCUT2D eigenvalue weighted by Crippen LogP contribution is -2.08. The maximum atomic E-state index is 11.2. The number of hydrogen-bond donors (Lipinski definition) is 2. The number of aryl methyl sites for hydroxylation is 1. The first-order chi connectivity index (χ1) is 8.70. The van der Waals surface area contributed by atoms with E-state index in [9.17, 15) is 4.79 Å². The summed E-state index contributed by atoms with van der Waals surface area (Å²) < 4.78 is 4.54. The maximum Gasteiger partial charge on any atom is 0.358 e. The van der Waals surface area contributed by atoms with Gasteiger partial charge in [0.25, 0.3) is 0 Å². The van der Waals surface area contributed by atoms with Gasteiger partial charge in [-0.25, -0.2) is 4.79 Å². The van der Waals surface area contributed by atoms with Crippen molar-refractivity contribution in [3.8, 4) is 0 Å². The summed E-state index contributed by atoms with van der Waals surface area (Å²) >= 11 is 0. The van der Waals surface area contributed by atoms with Crippen molar-refractivity contribution in [1.29, 1.82) is 0 Å². The average Bonchev–Trinajstić information content (AvgIpc) is 2.81. The average molecular weight is 247 g/mol. The number of hydrogen-bond acceptors (Lipinski definition) is 6. The van der Waals surface area contributed by atoms with Gasteiger partial charge in [0.2, 0.25) is 0 Å². The molecule has 0 aliphatic carbocycles. The third kappa shape index (κ3) is 2.62. The van der Waals surface area contributed by atoms with Crippen LogP contribution in [0.25, 0.3) is 0 Å². The molecule has 2 N–H and O–H groups in total. The lowest BCUT2D eigenvalue weighted by atomic mass is 10.2. The maximum absolute atomic E-state index is 11.2. The quantitative estimate of drug-likeness (QED) is 0.780. The van der Waals surface area contributed by atoms with Gasteiger partial charge in [-0.15, -0.1) is 10.2 Å². The van der Waals surface area contributed by atoms with Gasteiger partial charge in [0.1, 0.15) is 5.82 Å². The van der Waals surface area contributed by atoms with Crippen LogP contribution in [0, 0.1) is 6.92 Å². The Kier molecular flexibility index (Phi) is 3.52. The first-order valence-corrected chi connectivity index (χ1v) is 5.35. The van der Waals surface area contributed by atoms with Crippen molar-refractivity contribution in [3.63, 3.8) is 0 Å². The number of H-pyrrole nitrogens is 1. The Balaban J connectivity index is 1.98. The van der Waals surface area contributed by atoms with E-state index < -0.39 is 5.97 Å². The molecule has 0 radical (unpaired) electrons. The summed E-state index contributed by atoms with van der Waals surface area (Å²) in [6.45, 7) is 2.53. The van der Waals surface area contributed by atoms with Gasteiger partial charge in [-0.2, -0.15) is 5.10 Å². The number of nitrogens with zero attached hydrogens (tertiary/aromatic N) is 3. The van der Waals surface area contributed by atoms with Gasteiger partial charge in [0, 0.05) is 17.8 Å². The van der Waals surface area contributed by atoms with E-state index in [0.717, 1.165) is 11.3 Å². The topological polar surface area (TPSA) is 92.8 Å². The SMILES string of the molecule is COC(=O)c1ccc(NCc2cn[nH]c2C)nn1. The van der Waals surface area contributed by atoms with Gasteiger partial charge in [-0.05, 0) is 19.1 Å². The number of carbonyl (C=O) groups is 1. The van der Waals surface area contributed by atoms with E-state index in [1.54, 1.807) is 18.3 Å². The van der Waals surface area contributed by atoms with Crippen molar-refractivity contribution in [1.82, 2.24) is 20.4 Å². The Hall–Kier alpha value is -2.44. The first kappa shape index (κ1) is 12.0. The number of ether oxygens (including phenoxy) is 1. The van der Waals surface area contributed by atoms with Crippen molar-refractivity contribution in [2.75, 3.05) is 12.4 Å². The van der Waals surface area contributed by atoms with Crippen LogP contribution >= 0.6 is 0 Å².